The summed E-state index contributed by atoms with van der Waals surface area (Å²) < 4.78 is 63.1. The monoisotopic (exact) mass is 1270 g/mol. The molecule has 4 aromatic heterocycles. The van der Waals surface area contributed by atoms with Crippen LogP contribution >= 0.6 is 0 Å². The number of fused-ring (bicyclic) bond motifs is 7. The SMILES string of the molecule is [2H]c1c([2H])c([2H])c(-c2cccc(-c3cc(C(C)(C)C)cc(C(C)(C)C)c3)c2-n2[c](=[Pt])n3c4cc(Oc5ccc6c7ccccc7n(-c7cc(C(C)(C)C)ccn7)c6c5)ccc4n(-c4ccc(C(C)(C)C)cc4)c4ccccc4c4cccc2c43)c([2H])c1[2H]. The number of rotatable bonds is 7. The zero-order chi connectivity index (χ0) is 62.3. The van der Waals surface area contributed by atoms with Gasteiger partial charge in [-0.2, -0.15) is 0 Å². The molecule has 9 aromatic carbocycles. The molecule has 0 saturated carbocycles. The molecule has 0 amide bonds. The van der Waals surface area contributed by atoms with Crippen LogP contribution in [0, 0.1) is 3.80 Å². The van der Waals surface area contributed by atoms with Crippen molar-refractivity contribution in [2.75, 3.05) is 0 Å². The van der Waals surface area contributed by atoms with E-state index in [1.165, 1.54) is 11.1 Å². The van der Waals surface area contributed by atoms with Crippen molar-refractivity contribution >= 4 is 60.2 Å². The van der Waals surface area contributed by atoms with E-state index < -0.39 is 18.1 Å². The quantitative estimate of drug-likeness (QED) is 0.160. The second-order valence-corrected chi connectivity index (χ2v) is 27.2. The van der Waals surface area contributed by atoms with Crippen LogP contribution in [-0.4, -0.2) is 23.1 Å². The minimum absolute atomic E-state index is 0.0760. The Morgan fingerprint density at radius 2 is 0.952 bits per heavy atom. The number of imidazole rings is 1. The van der Waals surface area contributed by atoms with Crippen LogP contribution < -0.4 is 4.74 Å². The van der Waals surface area contributed by atoms with Gasteiger partial charge in [0.05, 0.1) is 0 Å². The van der Waals surface area contributed by atoms with Crippen LogP contribution in [0.4, 0.5) is 0 Å². The number of para-hydroxylation sites is 4. The van der Waals surface area contributed by atoms with E-state index >= 15 is 0 Å². The van der Waals surface area contributed by atoms with Gasteiger partial charge in [-0.1, -0.05) is 32.9 Å². The first-order chi connectivity index (χ1) is 41.7. The van der Waals surface area contributed by atoms with Crippen LogP contribution in [0.2, 0.25) is 0 Å². The number of ether oxygens (including phenoxy) is 1. The van der Waals surface area contributed by atoms with E-state index in [4.69, 9.17) is 13.8 Å². The normalized spacial score (nSPS) is 13.5. The van der Waals surface area contributed by atoms with Crippen LogP contribution in [0.3, 0.4) is 0 Å². The molecule has 13 aromatic rings. The zero-order valence-corrected chi connectivity index (χ0v) is 51.6. The fourth-order valence-corrected chi connectivity index (χ4v) is 12.9. The summed E-state index contributed by atoms with van der Waals surface area (Å²) in [4.78, 5) is 4.97. The van der Waals surface area contributed by atoms with Crippen LogP contribution in [0.5, 0.6) is 11.5 Å². The van der Waals surface area contributed by atoms with Gasteiger partial charge in [0.2, 0.25) is 0 Å². The van der Waals surface area contributed by atoms with Gasteiger partial charge in [-0.05, 0) is 17.0 Å². The first-order valence-corrected chi connectivity index (χ1v) is 29.7. The van der Waals surface area contributed by atoms with E-state index in [9.17, 15) is 2.74 Å². The van der Waals surface area contributed by atoms with E-state index in [0.717, 1.165) is 97.7 Å². The molecule has 0 fully saturated rings. The van der Waals surface area contributed by atoms with E-state index in [2.05, 4.69) is 278 Å². The third kappa shape index (κ3) is 9.50. The molecule has 6 nitrogen and oxygen atoms in total. The third-order valence-electron chi connectivity index (χ3n) is 16.4. The van der Waals surface area contributed by atoms with Gasteiger partial charge >= 0.3 is 452 Å². The summed E-state index contributed by atoms with van der Waals surface area (Å²) in [5, 5.41) is 4.20. The number of hydrogen-bond acceptors (Lipinski definition) is 2. The molecule has 0 atom stereocenters. The Kier molecular flexibility index (Phi) is 11.6. The van der Waals surface area contributed by atoms with Crippen LogP contribution in [0.1, 0.15) is 112 Å². The number of hydrogen-bond donors (Lipinski definition) is 0. The van der Waals surface area contributed by atoms with Crippen molar-refractivity contribution in [3.05, 3.63) is 238 Å². The predicted molar refractivity (Wildman–Crippen MR) is 345 cm³/mol. The van der Waals surface area contributed by atoms with Crippen molar-refractivity contribution in [2.45, 2.75) is 105 Å². The maximum absolute atomic E-state index is 9.59. The molecule has 0 aliphatic heterocycles. The Balaban J connectivity index is 1.16. The second kappa shape index (κ2) is 20.0. The van der Waals surface area contributed by atoms with E-state index in [1.807, 2.05) is 24.4 Å². The Hall–Kier alpha value is -8.31. The van der Waals surface area contributed by atoms with Gasteiger partial charge in [0, 0.05) is 6.20 Å². The standard InChI is InChI=1S/C76H71N5O.Pt/c1-73(2,3)51-32-34-55(35-33-51)80-64-29-18-17-25-61(64)63-28-21-31-67-72(63)79(48-78(67)71-58(49-22-14-13-15-23-49)26-20-27-59(71)50-42-53(75(7,8)9)44-54(43-50)76(10,11)12)69-47-57(37-39-66(69)80)82-56-36-38-62-60-24-16-19-30-65(60)81(68(62)46-56)70-45-52(40-41-77-70)74(4,5)6;/h13-47H,1-12H3;/i13D,14D,15D,22D,23D;. The summed E-state index contributed by atoms with van der Waals surface area (Å²) in [6.45, 7) is 26.8. The van der Waals surface area contributed by atoms with Crippen molar-refractivity contribution in [3.8, 4) is 50.9 Å². The van der Waals surface area contributed by atoms with Gasteiger partial charge in [-0.25, -0.2) is 0 Å². The fraction of sp³-hybridized carbons (Fsp3) is 0.211. The minimum atomic E-state index is -0.442. The Morgan fingerprint density at radius 3 is 1.60 bits per heavy atom. The molecular weight excluding hydrogens is 1190 g/mol. The van der Waals surface area contributed by atoms with Gasteiger partial charge in [0.25, 0.3) is 0 Å². The Labute approximate surface area is 505 Å². The molecule has 4 heterocycles. The molecule has 0 bridgehead atoms. The summed E-state index contributed by atoms with van der Waals surface area (Å²) in [6.07, 6.45) is 1.90. The first-order valence-electron chi connectivity index (χ1n) is 31.1. The van der Waals surface area contributed by atoms with Gasteiger partial charge < -0.3 is 0 Å². The first kappa shape index (κ1) is 48.2. The Bertz CT molecular complexity index is 5070. The second-order valence-electron chi connectivity index (χ2n) is 26.2. The molecule has 0 spiro atoms. The van der Waals surface area contributed by atoms with Gasteiger partial charge in [0.15, 0.2) is 0 Å². The summed E-state index contributed by atoms with van der Waals surface area (Å²) in [5.41, 5.74) is 14.7. The summed E-state index contributed by atoms with van der Waals surface area (Å²) in [6, 6.07) is 60.4. The van der Waals surface area contributed by atoms with Gasteiger partial charge in [-0.3, -0.25) is 0 Å². The molecule has 13 rings (SSSR count). The topological polar surface area (TPSA) is 41.3 Å². The van der Waals surface area contributed by atoms with E-state index in [0.29, 0.717) is 22.7 Å². The summed E-state index contributed by atoms with van der Waals surface area (Å²) in [5.74, 6) is 2.10. The summed E-state index contributed by atoms with van der Waals surface area (Å²) >= 11 is 2.46. The molecule has 0 saturated heterocycles. The van der Waals surface area contributed by atoms with Crippen LogP contribution in [-0.2, 0) is 41.0 Å². The molecular formula is C76H71N5OPt. The maximum atomic E-state index is 9.59. The predicted octanol–water partition coefficient (Wildman–Crippen LogP) is 20.4. The molecule has 0 N–H and O–H groups in total. The molecule has 0 aliphatic carbocycles. The van der Waals surface area contributed by atoms with Gasteiger partial charge in [-0.15, -0.1) is 0 Å². The van der Waals surface area contributed by atoms with Crippen molar-refractivity contribution in [1.29, 1.82) is 0 Å². The third-order valence-corrected chi connectivity index (χ3v) is 17.4. The van der Waals surface area contributed by atoms with E-state index in [1.54, 1.807) is 0 Å². The van der Waals surface area contributed by atoms with E-state index in [-0.39, 0.29) is 39.3 Å². The van der Waals surface area contributed by atoms with Crippen molar-refractivity contribution in [2.24, 2.45) is 0 Å². The average Bonchev–Trinajstić information content (AvgIpc) is 1.54. The molecule has 0 radical (unpaired) electrons. The molecule has 0 unspecified atom stereocenters. The molecule has 7 heteroatoms. The van der Waals surface area contributed by atoms with Crippen LogP contribution in [0.25, 0.3) is 99.6 Å². The number of nitrogens with zero attached hydrogens (tertiary/aromatic N) is 5. The Morgan fingerprint density at radius 1 is 0.410 bits per heavy atom. The van der Waals surface area contributed by atoms with Gasteiger partial charge in [0.1, 0.15) is 0 Å². The average molecular weight is 1270 g/mol. The summed E-state index contributed by atoms with van der Waals surface area (Å²) in [7, 11) is 0. The number of pyridine rings is 1. The number of benzene rings is 9. The molecule has 0 aliphatic rings. The number of aromatic nitrogens is 5. The van der Waals surface area contributed by atoms with Crippen LogP contribution in [0.15, 0.2) is 212 Å². The van der Waals surface area contributed by atoms with Crippen molar-refractivity contribution in [1.82, 2.24) is 23.1 Å². The zero-order valence-electron chi connectivity index (χ0n) is 54.3. The fourth-order valence-electron chi connectivity index (χ4n) is 11.9. The molecule has 416 valence electrons. The van der Waals surface area contributed by atoms with Crippen molar-refractivity contribution < 1.29 is 30.9 Å². The molecule has 83 heavy (non-hydrogen) atoms. The van der Waals surface area contributed by atoms with Crippen molar-refractivity contribution in [3.63, 3.8) is 0 Å².